The fourth-order valence-electron chi connectivity index (χ4n) is 2.87. The number of likely N-dealkylation sites (N-methyl/N-ethyl adjacent to an activating group) is 1. The maximum Gasteiger partial charge on any atom is 0.118 e. The molecule has 1 aromatic carbocycles. The van der Waals surface area contributed by atoms with E-state index in [1.807, 2.05) is 12.1 Å². The first-order valence-electron chi connectivity index (χ1n) is 7.79. The number of benzene rings is 1. The van der Waals surface area contributed by atoms with E-state index in [2.05, 4.69) is 24.4 Å². The van der Waals surface area contributed by atoms with E-state index in [1.165, 1.54) is 31.2 Å². The van der Waals surface area contributed by atoms with Gasteiger partial charge in [-0.05, 0) is 56.3 Å². The second-order valence-electron chi connectivity index (χ2n) is 5.52. The molecule has 1 aromatic rings. The van der Waals surface area contributed by atoms with Crippen LogP contribution in [0.1, 0.15) is 38.2 Å². The van der Waals surface area contributed by atoms with Crippen LogP contribution in [0, 0.1) is 0 Å². The van der Waals surface area contributed by atoms with Gasteiger partial charge in [-0.1, -0.05) is 19.1 Å². The molecule has 2 unspecified atom stereocenters. The normalized spacial score (nSPS) is 20.0. The number of nitrogens with one attached hydrogen (secondary N) is 1. The second-order valence-corrected chi connectivity index (χ2v) is 5.52. The van der Waals surface area contributed by atoms with Gasteiger partial charge >= 0.3 is 0 Å². The highest BCUT2D eigenvalue weighted by molar-refractivity contribution is 5.27. The molecule has 1 N–H and O–H groups in total. The van der Waals surface area contributed by atoms with Crippen LogP contribution >= 0.6 is 0 Å². The first kappa shape index (κ1) is 15.3. The zero-order valence-corrected chi connectivity index (χ0v) is 12.7. The van der Waals surface area contributed by atoms with E-state index in [-0.39, 0.29) is 0 Å². The average Bonchev–Trinajstić information content (AvgIpc) is 2.99. The minimum Gasteiger partial charge on any atom is -0.497 e. The Labute approximate surface area is 122 Å². The third kappa shape index (κ3) is 4.80. The summed E-state index contributed by atoms with van der Waals surface area (Å²) < 4.78 is 10.9. The Bertz CT molecular complexity index is 371. The molecule has 0 radical (unpaired) electrons. The number of ether oxygens (including phenoxy) is 2. The zero-order chi connectivity index (χ0) is 14.2. The van der Waals surface area contributed by atoms with Crippen LogP contribution in [-0.2, 0) is 11.2 Å². The molecule has 2 atom stereocenters. The van der Waals surface area contributed by atoms with Crippen molar-refractivity contribution in [3.05, 3.63) is 29.8 Å². The van der Waals surface area contributed by atoms with E-state index in [4.69, 9.17) is 9.47 Å². The molecule has 1 aliphatic rings. The van der Waals surface area contributed by atoms with E-state index in [9.17, 15) is 0 Å². The van der Waals surface area contributed by atoms with Gasteiger partial charge in [0.2, 0.25) is 0 Å². The lowest BCUT2D eigenvalue weighted by Crippen LogP contribution is -2.31. The van der Waals surface area contributed by atoms with Crippen LogP contribution < -0.4 is 10.1 Å². The quantitative estimate of drug-likeness (QED) is 0.791. The highest BCUT2D eigenvalue weighted by atomic mass is 16.5. The molecule has 3 heteroatoms. The van der Waals surface area contributed by atoms with E-state index in [1.54, 1.807) is 7.11 Å². The van der Waals surface area contributed by atoms with Crippen LogP contribution in [0.5, 0.6) is 5.75 Å². The smallest absolute Gasteiger partial charge is 0.118 e. The molecule has 3 nitrogen and oxygen atoms in total. The highest BCUT2D eigenvalue weighted by Crippen LogP contribution is 2.19. The van der Waals surface area contributed by atoms with Crippen LogP contribution in [0.25, 0.3) is 0 Å². The van der Waals surface area contributed by atoms with Gasteiger partial charge in [-0.3, -0.25) is 0 Å². The number of rotatable bonds is 8. The Morgan fingerprint density at radius 2 is 2.15 bits per heavy atom. The molecule has 112 valence electrons. The highest BCUT2D eigenvalue weighted by Gasteiger charge is 2.17. The lowest BCUT2D eigenvalue weighted by molar-refractivity contribution is 0.0996. The summed E-state index contributed by atoms with van der Waals surface area (Å²) in [6.07, 6.45) is 6.39. The number of hydrogen-bond acceptors (Lipinski definition) is 3. The topological polar surface area (TPSA) is 30.5 Å². The molecule has 1 aliphatic heterocycles. The second kappa shape index (κ2) is 8.28. The Morgan fingerprint density at radius 1 is 1.35 bits per heavy atom. The van der Waals surface area contributed by atoms with Crippen molar-refractivity contribution in [3.63, 3.8) is 0 Å². The van der Waals surface area contributed by atoms with Crippen LogP contribution in [0.3, 0.4) is 0 Å². The minimum absolute atomic E-state index is 0.493. The molecule has 0 aromatic heterocycles. The largest absolute Gasteiger partial charge is 0.497 e. The molecule has 0 aliphatic carbocycles. The Hall–Kier alpha value is -1.06. The van der Waals surface area contributed by atoms with Gasteiger partial charge in [-0.15, -0.1) is 0 Å². The van der Waals surface area contributed by atoms with Gasteiger partial charge in [0.25, 0.3) is 0 Å². The van der Waals surface area contributed by atoms with Crippen molar-refractivity contribution in [1.29, 1.82) is 0 Å². The SMILES string of the molecule is CCNC(CCC1CCCO1)Cc1ccc(OC)cc1. The third-order valence-electron chi connectivity index (χ3n) is 4.00. The molecule has 1 saturated heterocycles. The molecular weight excluding hydrogens is 250 g/mol. The summed E-state index contributed by atoms with van der Waals surface area (Å²) in [4.78, 5) is 0. The summed E-state index contributed by atoms with van der Waals surface area (Å²) in [7, 11) is 1.71. The molecule has 1 fully saturated rings. The van der Waals surface area contributed by atoms with Crippen LogP contribution in [0.2, 0.25) is 0 Å². The fraction of sp³-hybridized carbons (Fsp3) is 0.647. The fourth-order valence-corrected chi connectivity index (χ4v) is 2.87. The molecule has 1 heterocycles. The molecule has 2 rings (SSSR count). The third-order valence-corrected chi connectivity index (χ3v) is 4.00. The maximum atomic E-state index is 5.72. The zero-order valence-electron chi connectivity index (χ0n) is 12.7. The lowest BCUT2D eigenvalue weighted by Gasteiger charge is -2.20. The van der Waals surface area contributed by atoms with E-state index >= 15 is 0 Å². The molecule has 0 bridgehead atoms. The average molecular weight is 277 g/mol. The van der Waals surface area contributed by atoms with Crippen molar-refractivity contribution < 1.29 is 9.47 Å². The molecule has 0 spiro atoms. The monoisotopic (exact) mass is 277 g/mol. The maximum absolute atomic E-state index is 5.72. The summed E-state index contributed by atoms with van der Waals surface area (Å²) >= 11 is 0. The van der Waals surface area contributed by atoms with Gasteiger partial charge in [0.05, 0.1) is 13.2 Å². The van der Waals surface area contributed by atoms with Crippen molar-refractivity contribution >= 4 is 0 Å². The Balaban J connectivity index is 1.83. The summed E-state index contributed by atoms with van der Waals surface area (Å²) in [6.45, 7) is 4.15. The first-order valence-corrected chi connectivity index (χ1v) is 7.79. The van der Waals surface area contributed by atoms with Gasteiger partial charge in [0.15, 0.2) is 0 Å². The first-order chi connectivity index (χ1) is 9.81. The molecule has 20 heavy (non-hydrogen) atoms. The van der Waals surface area contributed by atoms with Gasteiger partial charge in [-0.2, -0.15) is 0 Å². The summed E-state index contributed by atoms with van der Waals surface area (Å²) in [5.41, 5.74) is 1.36. The molecule has 0 saturated carbocycles. The van der Waals surface area contributed by atoms with E-state index < -0.39 is 0 Å². The van der Waals surface area contributed by atoms with E-state index in [0.717, 1.165) is 25.3 Å². The van der Waals surface area contributed by atoms with E-state index in [0.29, 0.717) is 12.1 Å². The van der Waals surface area contributed by atoms with Crippen LogP contribution in [0.15, 0.2) is 24.3 Å². The predicted octanol–water partition coefficient (Wildman–Crippen LogP) is 3.18. The lowest BCUT2D eigenvalue weighted by atomic mass is 9.99. The van der Waals surface area contributed by atoms with Crippen molar-refractivity contribution in [1.82, 2.24) is 5.32 Å². The van der Waals surface area contributed by atoms with Crippen molar-refractivity contribution in [2.45, 2.75) is 51.2 Å². The molecular formula is C17H27NO2. The number of hydrogen-bond donors (Lipinski definition) is 1. The van der Waals surface area contributed by atoms with Gasteiger partial charge in [0.1, 0.15) is 5.75 Å². The summed E-state index contributed by atoms with van der Waals surface area (Å²) in [5, 5.41) is 3.60. The van der Waals surface area contributed by atoms with Crippen molar-refractivity contribution in [2.24, 2.45) is 0 Å². The van der Waals surface area contributed by atoms with Crippen LogP contribution in [0.4, 0.5) is 0 Å². The van der Waals surface area contributed by atoms with Gasteiger partial charge in [-0.25, -0.2) is 0 Å². The Morgan fingerprint density at radius 3 is 2.75 bits per heavy atom. The summed E-state index contributed by atoms with van der Waals surface area (Å²) in [5.74, 6) is 0.924. The standard InChI is InChI=1S/C17H27NO2/c1-3-18-15(8-11-17-5-4-12-20-17)13-14-6-9-16(19-2)10-7-14/h6-7,9-10,15,17-18H,3-5,8,11-13H2,1-2H3. The van der Waals surface area contributed by atoms with Crippen molar-refractivity contribution in [2.75, 3.05) is 20.3 Å². The van der Waals surface area contributed by atoms with Gasteiger partial charge < -0.3 is 14.8 Å². The summed E-state index contributed by atoms with van der Waals surface area (Å²) in [6, 6.07) is 8.94. The van der Waals surface area contributed by atoms with Gasteiger partial charge in [0, 0.05) is 12.6 Å². The minimum atomic E-state index is 0.493. The van der Waals surface area contributed by atoms with Crippen LogP contribution in [-0.4, -0.2) is 32.4 Å². The molecule has 0 amide bonds. The number of methoxy groups -OCH3 is 1. The predicted molar refractivity (Wildman–Crippen MR) is 82.4 cm³/mol. The van der Waals surface area contributed by atoms with Crippen molar-refractivity contribution in [3.8, 4) is 5.75 Å². The Kier molecular flexibility index (Phi) is 6.34.